The molecule has 5 nitrogen and oxygen atoms in total. The summed E-state index contributed by atoms with van der Waals surface area (Å²) >= 11 is 3.06. The van der Waals surface area contributed by atoms with Gasteiger partial charge in [0.05, 0.1) is 16.6 Å². The Morgan fingerprint density at radius 2 is 2.32 bits per heavy atom. The maximum atomic E-state index is 13.3. The zero-order valence-corrected chi connectivity index (χ0v) is 11.8. The molecule has 0 aliphatic rings. The van der Waals surface area contributed by atoms with Crippen LogP contribution in [0.1, 0.15) is 23.1 Å². The number of hydrogen-bond donors (Lipinski definition) is 1. The molecule has 2 aromatic rings. The first-order chi connectivity index (χ1) is 9.13. The first-order valence-corrected chi connectivity index (χ1v) is 6.51. The highest BCUT2D eigenvalue weighted by Crippen LogP contribution is 2.20. The highest BCUT2D eigenvalue weighted by atomic mass is 79.9. The molecule has 0 atom stereocenters. The molecule has 0 aliphatic heterocycles. The van der Waals surface area contributed by atoms with Crippen molar-refractivity contribution in [2.75, 3.05) is 0 Å². The molecule has 1 amide bonds. The summed E-state index contributed by atoms with van der Waals surface area (Å²) in [5.74, 6) is -0.176. The largest absolute Gasteiger partial charge is 0.345 e. The Morgan fingerprint density at radius 3 is 3.05 bits per heavy atom. The summed E-state index contributed by atoms with van der Waals surface area (Å²) in [6.07, 6.45) is 1.60. The van der Waals surface area contributed by atoms with Gasteiger partial charge in [0.1, 0.15) is 12.1 Å². The summed E-state index contributed by atoms with van der Waals surface area (Å²) in [6, 6.07) is 4.32. The highest BCUT2D eigenvalue weighted by Gasteiger charge is 2.13. The van der Waals surface area contributed by atoms with Crippen molar-refractivity contribution in [1.82, 2.24) is 20.1 Å². The van der Waals surface area contributed by atoms with Gasteiger partial charge in [0.2, 0.25) is 0 Å². The lowest BCUT2D eigenvalue weighted by Crippen LogP contribution is -2.25. The Balaban J connectivity index is 2.08. The van der Waals surface area contributed by atoms with Crippen LogP contribution in [-0.2, 0) is 13.1 Å². The minimum atomic E-state index is -0.468. The fraction of sp³-hybridized carbons (Fsp3) is 0.250. The zero-order valence-electron chi connectivity index (χ0n) is 10.2. The Labute approximate surface area is 118 Å². The van der Waals surface area contributed by atoms with Gasteiger partial charge in [-0.1, -0.05) is 6.07 Å². The van der Waals surface area contributed by atoms with Gasteiger partial charge in [-0.25, -0.2) is 4.39 Å². The lowest BCUT2D eigenvalue weighted by Gasteiger charge is -2.07. The van der Waals surface area contributed by atoms with Gasteiger partial charge in [0, 0.05) is 6.54 Å². The third-order valence-electron chi connectivity index (χ3n) is 2.64. The van der Waals surface area contributed by atoms with E-state index in [0.29, 0.717) is 5.82 Å². The first-order valence-electron chi connectivity index (χ1n) is 5.72. The molecule has 100 valence electrons. The molecule has 0 aliphatic carbocycles. The van der Waals surface area contributed by atoms with Crippen LogP contribution in [0.25, 0.3) is 0 Å². The standard InChI is InChI=1S/C12H12BrFN4O/c1-2-18-7-16-17-10(18)6-15-12(19)8-4-3-5-9(14)11(8)13/h3-5,7H,2,6H2,1H3,(H,15,19). The number of carbonyl (C=O) groups excluding carboxylic acids is 1. The number of halogens is 2. The third kappa shape index (κ3) is 2.98. The Morgan fingerprint density at radius 1 is 1.53 bits per heavy atom. The second-order valence-electron chi connectivity index (χ2n) is 3.82. The van der Waals surface area contributed by atoms with Crippen LogP contribution in [0.2, 0.25) is 0 Å². The number of amides is 1. The number of nitrogens with one attached hydrogen (secondary N) is 1. The molecule has 1 aromatic heterocycles. The van der Waals surface area contributed by atoms with Crippen molar-refractivity contribution in [2.24, 2.45) is 0 Å². The normalized spacial score (nSPS) is 10.5. The molecule has 0 unspecified atom stereocenters. The molecule has 0 saturated carbocycles. The zero-order chi connectivity index (χ0) is 13.8. The van der Waals surface area contributed by atoms with Gasteiger partial charge in [0.25, 0.3) is 5.91 Å². The smallest absolute Gasteiger partial charge is 0.252 e. The maximum Gasteiger partial charge on any atom is 0.252 e. The maximum absolute atomic E-state index is 13.3. The van der Waals surface area contributed by atoms with Crippen molar-refractivity contribution in [3.63, 3.8) is 0 Å². The topological polar surface area (TPSA) is 59.8 Å². The molecule has 0 fully saturated rings. The van der Waals surface area contributed by atoms with E-state index in [1.165, 1.54) is 12.1 Å². The van der Waals surface area contributed by atoms with Crippen LogP contribution in [0, 0.1) is 5.82 Å². The lowest BCUT2D eigenvalue weighted by atomic mass is 10.2. The first kappa shape index (κ1) is 13.7. The van der Waals surface area contributed by atoms with Crippen LogP contribution in [0.5, 0.6) is 0 Å². The van der Waals surface area contributed by atoms with Crippen molar-refractivity contribution in [3.05, 3.63) is 46.2 Å². The fourth-order valence-corrected chi connectivity index (χ4v) is 2.06. The third-order valence-corrected chi connectivity index (χ3v) is 3.45. The van der Waals surface area contributed by atoms with Crippen molar-refractivity contribution in [1.29, 1.82) is 0 Å². The molecular formula is C12H12BrFN4O. The van der Waals surface area contributed by atoms with E-state index in [2.05, 4.69) is 31.4 Å². The quantitative estimate of drug-likeness (QED) is 0.936. The summed E-state index contributed by atoms with van der Waals surface area (Å²) in [6.45, 7) is 2.93. The predicted molar refractivity (Wildman–Crippen MR) is 71.0 cm³/mol. The summed E-state index contributed by atoms with van der Waals surface area (Å²) in [5, 5.41) is 10.4. The van der Waals surface area contributed by atoms with Crippen molar-refractivity contribution < 1.29 is 9.18 Å². The number of aromatic nitrogens is 3. The van der Waals surface area contributed by atoms with Crippen LogP contribution in [-0.4, -0.2) is 20.7 Å². The van der Waals surface area contributed by atoms with Gasteiger partial charge in [-0.2, -0.15) is 0 Å². The molecule has 0 radical (unpaired) electrons. The average Bonchev–Trinajstić information content (AvgIpc) is 2.86. The number of hydrogen-bond acceptors (Lipinski definition) is 3. The van der Waals surface area contributed by atoms with Crippen LogP contribution >= 0.6 is 15.9 Å². The number of rotatable bonds is 4. The molecule has 2 rings (SSSR count). The summed E-state index contributed by atoms with van der Waals surface area (Å²) in [5.41, 5.74) is 0.252. The van der Waals surface area contributed by atoms with E-state index in [0.717, 1.165) is 6.54 Å². The molecule has 1 heterocycles. The molecule has 1 aromatic carbocycles. The van der Waals surface area contributed by atoms with Crippen molar-refractivity contribution in [2.45, 2.75) is 20.0 Å². The monoisotopic (exact) mass is 326 g/mol. The summed E-state index contributed by atoms with van der Waals surface area (Å²) in [7, 11) is 0. The minimum absolute atomic E-state index is 0.157. The SMILES string of the molecule is CCn1cnnc1CNC(=O)c1cccc(F)c1Br. The predicted octanol–water partition coefficient (Wildman–Crippen LogP) is 2.13. The summed E-state index contributed by atoms with van der Waals surface area (Å²) in [4.78, 5) is 11.9. The van der Waals surface area contributed by atoms with Gasteiger partial charge >= 0.3 is 0 Å². The Bertz CT molecular complexity index is 599. The van der Waals surface area contributed by atoms with Gasteiger partial charge in [-0.05, 0) is 35.0 Å². The lowest BCUT2D eigenvalue weighted by molar-refractivity contribution is 0.0948. The van der Waals surface area contributed by atoms with Crippen LogP contribution in [0.15, 0.2) is 29.0 Å². The fourth-order valence-electron chi connectivity index (χ4n) is 1.61. The van der Waals surface area contributed by atoms with E-state index >= 15 is 0 Å². The van der Waals surface area contributed by atoms with E-state index in [1.807, 2.05) is 11.5 Å². The second-order valence-corrected chi connectivity index (χ2v) is 4.61. The van der Waals surface area contributed by atoms with E-state index in [1.54, 1.807) is 12.4 Å². The van der Waals surface area contributed by atoms with Gasteiger partial charge in [-0.3, -0.25) is 4.79 Å². The molecule has 7 heteroatoms. The number of carbonyl (C=O) groups is 1. The highest BCUT2D eigenvalue weighted by molar-refractivity contribution is 9.10. The Kier molecular flexibility index (Phi) is 4.26. The van der Waals surface area contributed by atoms with E-state index in [4.69, 9.17) is 0 Å². The van der Waals surface area contributed by atoms with Crippen molar-refractivity contribution in [3.8, 4) is 0 Å². The molecule has 19 heavy (non-hydrogen) atoms. The number of benzene rings is 1. The summed E-state index contributed by atoms with van der Waals surface area (Å²) < 4.78 is 15.3. The van der Waals surface area contributed by atoms with Crippen molar-refractivity contribution >= 4 is 21.8 Å². The average molecular weight is 327 g/mol. The van der Waals surface area contributed by atoms with Crippen LogP contribution in [0.4, 0.5) is 4.39 Å². The molecule has 1 N–H and O–H groups in total. The van der Waals surface area contributed by atoms with Crippen LogP contribution in [0.3, 0.4) is 0 Å². The Hall–Kier alpha value is -1.76. The molecule has 0 bridgehead atoms. The number of nitrogens with zero attached hydrogens (tertiary/aromatic N) is 3. The van der Waals surface area contributed by atoms with Gasteiger partial charge in [0.15, 0.2) is 5.82 Å². The number of aryl methyl sites for hydroxylation is 1. The molecule has 0 saturated heterocycles. The minimum Gasteiger partial charge on any atom is -0.345 e. The second kappa shape index (κ2) is 5.92. The van der Waals surface area contributed by atoms with Gasteiger partial charge < -0.3 is 9.88 Å². The molecular weight excluding hydrogens is 315 g/mol. The molecule has 0 spiro atoms. The van der Waals surface area contributed by atoms with Gasteiger partial charge in [-0.15, -0.1) is 10.2 Å². The van der Waals surface area contributed by atoms with E-state index in [9.17, 15) is 9.18 Å². The van der Waals surface area contributed by atoms with E-state index < -0.39 is 5.82 Å². The van der Waals surface area contributed by atoms with Crippen LogP contribution < -0.4 is 5.32 Å². The van der Waals surface area contributed by atoms with E-state index in [-0.39, 0.29) is 22.5 Å².